The van der Waals surface area contributed by atoms with E-state index in [0.717, 1.165) is 24.2 Å². The molecule has 13 heteroatoms. The molecule has 0 saturated carbocycles. The number of piperidine rings is 1. The van der Waals surface area contributed by atoms with Gasteiger partial charge in [0.2, 0.25) is 5.91 Å². The molecule has 0 radical (unpaired) electrons. The molecule has 4 aromatic rings. The second kappa shape index (κ2) is 12.5. The molecule has 2 bridgehead atoms. The zero-order valence-electron chi connectivity index (χ0n) is 24.1. The predicted molar refractivity (Wildman–Crippen MR) is 165 cm³/mol. The Labute approximate surface area is 265 Å². The second-order valence-corrected chi connectivity index (χ2v) is 11.7. The largest absolute Gasteiger partial charge is 0.573 e. The Morgan fingerprint density at radius 1 is 0.935 bits per heavy atom. The molecule has 2 N–H and O–H groups in total. The van der Waals surface area contributed by atoms with Crippen molar-refractivity contribution in [2.24, 2.45) is 5.92 Å². The van der Waals surface area contributed by atoms with E-state index in [1.807, 2.05) is 10.6 Å². The van der Waals surface area contributed by atoms with Gasteiger partial charge in [-0.3, -0.25) is 14.4 Å². The first kappa shape index (κ1) is 31.2. The van der Waals surface area contributed by atoms with Crippen LogP contribution in [0.4, 0.5) is 34.6 Å². The number of anilines is 3. The highest BCUT2D eigenvalue weighted by molar-refractivity contribution is 6.31. The van der Waals surface area contributed by atoms with E-state index < -0.39 is 29.7 Å². The molecule has 2 atom stereocenters. The number of pyridine rings is 1. The Morgan fingerprint density at radius 3 is 2.43 bits per heavy atom. The zero-order valence-corrected chi connectivity index (χ0v) is 24.9. The summed E-state index contributed by atoms with van der Waals surface area (Å²) in [5, 5.41) is 5.56. The van der Waals surface area contributed by atoms with E-state index in [-0.39, 0.29) is 45.7 Å². The van der Waals surface area contributed by atoms with E-state index in [9.17, 15) is 31.9 Å². The molecular formula is C33H27ClF4N4O4. The van der Waals surface area contributed by atoms with Gasteiger partial charge in [-0.05, 0) is 73.0 Å². The van der Waals surface area contributed by atoms with Crippen molar-refractivity contribution in [3.05, 3.63) is 117 Å². The number of fused-ring (bicyclic) bond motifs is 4. The SMILES string of the molecule is O=C(Cc1c(F)cccc1Cl)Nc1cc(C(=O)Nc2ccc(OC(F)(F)F)cc2)ccc1N1C[C@H]2C[C@@H](C1)c1cccc(=O)n1C2. The summed E-state index contributed by atoms with van der Waals surface area (Å²) < 4.78 is 57.7. The van der Waals surface area contributed by atoms with Crippen LogP contribution in [-0.2, 0) is 17.8 Å². The molecular weight excluding hydrogens is 628 g/mol. The van der Waals surface area contributed by atoms with Crippen molar-refractivity contribution in [3.63, 3.8) is 0 Å². The Balaban J connectivity index is 1.27. The van der Waals surface area contributed by atoms with Gasteiger partial charge in [-0.2, -0.15) is 0 Å². The Bertz CT molecular complexity index is 1840. The fourth-order valence-corrected chi connectivity index (χ4v) is 6.38. The molecule has 6 rings (SSSR count). The molecule has 3 heterocycles. The molecule has 1 saturated heterocycles. The smallest absolute Gasteiger partial charge is 0.406 e. The van der Waals surface area contributed by atoms with Gasteiger partial charge in [-0.15, -0.1) is 13.2 Å². The molecule has 0 aliphatic carbocycles. The van der Waals surface area contributed by atoms with E-state index >= 15 is 0 Å². The molecule has 0 spiro atoms. The van der Waals surface area contributed by atoms with E-state index in [1.165, 1.54) is 36.4 Å². The molecule has 238 valence electrons. The maximum absolute atomic E-state index is 14.5. The quantitative estimate of drug-likeness (QED) is 0.219. The molecule has 2 amide bonds. The van der Waals surface area contributed by atoms with Gasteiger partial charge in [0.25, 0.3) is 11.5 Å². The molecule has 8 nitrogen and oxygen atoms in total. The van der Waals surface area contributed by atoms with Gasteiger partial charge in [0.1, 0.15) is 11.6 Å². The number of hydrogen-bond acceptors (Lipinski definition) is 5. The Kier molecular flexibility index (Phi) is 8.47. The molecule has 1 aromatic heterocycles. The monoisotopic (exact) mass is 654 g/mol. The minimum absolute atomic E-state index is 0.0321. The number of halogens is 5. The zero-order chi connectivity index (χ0) is 32.6. The van der Waals surface area contributed by atoms with Crippen LogP contribution in [0.25, 0.3) is 0 Å². The number of nitrogens with one attached hydrogen (secondary N) is 2. The average molecular weight is 655 g/mol. The standard InChI is InChI=1S/C33H27ClF4N4O4/c34-25-3-1-4-26(35)24(25)15-30(43)40-27-14-20(32(45)39-22-8-10-23(11-9-22)46-33(36,37)38)7-12-29(27)41-16-19-13-21(18-41)28-5-2-6-31(44)42(28)17-19/h1-12,14,19,21H,13,15-18H2,(H,39,45)(H,40,43)/t19-,21+/m1/s1. The summed E-state index contributed by atoms with van der Waals surface area (Å²) in [4.78, 5) is 41.1. The summed E-state index contributed by atoms with van der Waals surface area (Å²) in [7, 11) is 0. The van der Waals surface area contributed by atoms with E-state index in [0.29, 0.717) is 31.0 Å². The van der Waals surface area contributed by atoms with Crippen LogP contribution >= 0.6 is 11.6 Å². The first-order valence-electron chi connectivity index (χ1n) is 14.4. The van der Waals surface area contributed by atoms with Crippen molar-refractivity contribution in [2.75, 3.05) is 28.6 Å². The second-order valence-electron chi connectivity index (χ2n) is 11.3. The minimum Gasteiger partial charge on any atom is -0.406 e. The van der Waals surface area contributed by atoms with Crippen LogP contribution in [0.1, 0.15) is 34.0 Å². The van der Waals surface area contributed by atoms with Crippen LogP contribution in [0, 0.1) is 11.7 Å². The molecule has 1 fully saturated rings. The number of benzene rings is 3. The summed E-state index contributed by atoms with van der Waals surface area (Å²) in [5.41, 5.74) is 2.26. The third kappa shape index (κ3) is 6.86. The third-order valence-corrected chi connectivity index (χ3v) is 8.45. The fourth-order valence-electron chi connectivity index (χ4n) is 6.15. The van der Waals surface area contributed by atoms with Crippen LogP contribution in [0.15, 0.2) is 83.7 Å². The number of carbonyl (C=O) groups is 2. The summed E-state index contributed by atoms with van der Waals surface area (Å²) in [5.74, 6) is -1.96. The summed E-state index contributed by atoms with van der Waals surface area (Å²) >= 11 is 6.15. The predicted octanol–water partition coefficient (Wildman–Crippen LogP) is 6.60. The van der Waals surface area contributed by atoms with Crippen LogP contribution in [-0.4, -0.2) is 35.8 Å². The molecule has 0 unspecified atom stereocenters. The number of aromatic nitrogens is 1. The number of alkyl halides is 3. The number of hydrogen-bond donors (Lipinski definition) is 2. The Hall–Kier alpha value is -4.84. The van der Waals surface area contributed by atoms with Crippen molar-refractivity contribution < 1.29 is 31.9 Å². The summed E-state index contributed by atoms with van der Waals surface area (Å²) in [6.45, 7) is 1.71. The lowest BCUT2D eigenvalue weighted by Gasteiger charge is -2.44. The molecule has 46 heavy (non-hydrogen) atoms. The van der Waals surface area contributed by atoms with Crippen molar-refractivity contribution in [1.82, 2.24) is 4.57 Å². The van der Waals surface area contributed by atoms with Crippen molar-refractivity contribution in [1.29, 1.82) is 0 Å². The molecule has 2 aliphatic rings. The molecule has 3 aromatic carbocycles. The van der Waals surface area contributed by atoms with Gasteiger partial charge in [-0.25, -0.2) is 4.39 Å². The summed E-state index contributed by atoms with van der Waals surface area (Å²) in [6.07, 6.45) is -4.30. The van der Waals surface area contributed by atoms with E-state index in [1.54, 1.807) is 24.3 Å². The van der Waals surface area contributed by atoms with Gasteiger partial charge in [0.15, 0.2) is 0 Å². The van der Waals surface area contributed by atoms with Crippen molar-refractivity contribution >= 4 is 40.5 Å². The normalized spacial score (nSPS) is 17.2. The van der Waals surface area contributed by atoms with Gasteiger partial charge >= 0.3 is 6.36 Å². The van der Waals surface area contributed by atoms with Crippen LogP contribution in [0.5, 0.6) is 5.75 Å². The maximum atomic E-state index is 14.5. The van der Waals surface area contributed by atoms with Crippen molar-refractivity contribution in [2.45, 2.75) is 31.7 Å². The number of carbonyl (C=O) groups excluding carboxylic acids is 2. The third-order valence-electron chi connectivity index (χ3n) is 8.10. The van der Waals surface area contributed by atoms with Crippen LogP contribution < -0.4 is 25.8 Å². The van der Waals surface area contributed by atoms with Gasteiger partial charge in [-0.1, -0.05) is 23.7 Å². The van der Waals surface area contributed by atoms with Crippen LogP contribution in [0.3, 0.4) is 0 Å². The van der Waals surface area contributed by atoms with Gasteiger partial charge in [0.05, 0.1) is 17.8 Å². The highest BCUT2D eigenvalue weighted by Crippen LogP contribution is 2.39. The van der Waals surface area contributed by atoms with Crippen LogP contribution in [0.2, 0.25) is 5.02 Å². The number of ether oxygens (including phenoxy) is 1. The number of rotatable bonds is 7. The van der Waals surface area contributed by atoms with Gasteiger partial charge < -0.3 is 24.8 Å². The highest BCUT2D eigenvalue weighted by Gasteiger charge is 2.35. The lowest BCUT2D eigenvalue weighted by Crippen LogP contribution is -2.47. The van der Waals surface area contributed by atoms with Crippen molar-refractivity contribution in [3.8, 4) is 5.75 Å². The van der Waals surface area contributed by atoms with Gasteiger partial charge in [0, 0.05) is 59.1 Å². The first-order valence-corrected chi connectivity index (χ1v) is 14.8. The average Bonchev–Trinajstić information content (AvgIpc) is 3.00. The Morgan fingerprint density at radius 2 is 1.70 bits per heavy atom. The first-order chi connectivity index (χ1) is 21.9. The lowest BCUT2D eigenvalue weighted by atomic mass is 9.83. The van der Waals surface area contributed by atoms with E-state index in [2.05, 4.69) is 20.3 Å². The maximum Gasteiger partial charge on any atom is 0.573 e. The lowest BCUT2D eigenvalue weighted by molar-refractivity contribution is -0.274. The number of nitrogens with zero attached hydrogens (tertiary/aromatic N) is 2. The van der Waals surface area contributed by atoms with E-state index in [4.69, 9.17) is 11.6 Å². The minimum atomic E-state index is -4.85. The molecule has 2 aliphatic heterocycles. The fraction of sp³-hybridized carbons (Fsp3) is 0.242. The topological polar surface area (TPSA) is 92.7 Å². The summed E-state index contributed by atoms with van der Waals surface area (Å²) in [6, 6.07) is 18.8. The number of amides is 2. The highest BCUT2D eigenvalue weighted by atomic mass is 35.5.